The van der Waals surface area contributed by atoms with Crippen molar-refractivity contribution in [1.29, 1.82) is 0 Å². The van der Waals surface area contributed by atoms with Gasteiger partial charge in [-0.3, -0.25) is 0 Å². The molecular weight excluding hydrogens is 668 g/mol. The van der Waals surface area contributed by atoms with Crippen molar-refractivity contribution in [3.63, 3.8) is 0 Å². The van der Waals surface area contributed by atoms with Crippen molar-refractivity contribution in [2.45, 2.75) is 130 Å². The smallest absolute Gasteiger partial charge is 0.320 e. The molecule has 0 spiro atoms. The fourth-order valence-corrected chi connectivity index (χ4v) is 6.14. The Morgan fingerprint density at radius 1 is 0.481 bits per heavy atom. The van der Waals surface area contributed by atoms with Crippen LogP contribution >= 0.6 is 0 Å². The molecule has 0 aromatic heterocycles. The molecule has 10 heteroatoms. The summed E-state index contributed by atoms with van der Waals surface area (Å²) in [7, 11) is 0. The van der Waals surface area contributed by atoms with Crippen LogP contribution in [0, 0.1) is 23.3 Å². The van der Waals surface area contributed by atoms with Crippen LogP contribution < -0.4 is 10.6 Å². The highest BCUT2D eigenvalue weighted by atomic mass is 19.1. The van der Waals surface area contributed by atoms with Crippen LogP contribution in [0.5, 0.6) is 0 Å². The van der Waals surface area contributed by atoms with E-state index in [0.29, 0.717) is 13.1 Å². The van der Waals surface area contributed by atoms with E-state index in [1.807, 2.05) is 24.3 Å². The minimum Gasteiger partial charge on any atom is -0.320 e. The molecule has 0 saturated carbocycles. The number of urea groups is 2. The number of benzene rings is 3. The highest BCUT2D eigenvalue weighted by Crippen LogP contribution is 2.20. The van der Waals surface area contributed by atoms with Gasteiger partial charge in [-0.15, -0.1) is 0 Å². The number of carbonyl (C=O) groups excluding carboxylic acids is 2. The highest BCUT2D eigenvalue weighted by Gasteiger charge is 2.19. The number of anilines is 2. The molecule has 0 aliphatic heterocycles. The maximum absolute atomic E-state index is 14.4. The lowest BCUT2D eigenvalue weighted by Gasteiger charge is -2.25. The Balaban J connectivity index is 1.65. The van der Waals surface area contributed by atoms with Gasteiger partial charge >= 0.3 is 12.1 Å². The van der Waals surface area contributed by atoms with E-state index >= 15 is 0 Å². The van der Waals surface area contributed by atoms with Gasteiger partial charge in [-0.1, -0.05) is 128 Å². The minimum atomic E-state index is -0.840. The third kappa shape index (κ3) is 16.1. The number of carbonyl (C=O) groups is 2. The molecule has 3 aromatic rings. The Kier molecular flexibility index (Phi) is 19.7. The second-order valence-electron chi connectivity index (χ2n) is 13.7. The fraction of sp³-hybridized carbons (Fsp3) is 0.524. The molecule has 0 aliphatic rings. The summed E-state index contributed by atoms with van der Waals surface area (Å²) in [4.78, 5) is 29.9. The van der Waals surface area contributed by atoms with Crippen molar-refractivity contribution in [3.8, 4) is 0 Å². The zero-order chi connectivity index (χ0) is 37.6. The van der Waals surface area contributed by atoms with Crippen LogP contribution in [0.4, 0.5) is 38.5 Å². The number of amides is 4. The average molecular weight is 727 g/mol. The van der Waals surface area contributed by atoms with Gasteiger partial charge in [-0.2, -0.15) is 0 Å². The summed E-state index contributed by atoms with van der Waals surface area (Å²) in [5, 5.41) is 5.20. The van der Waals surface area contributed by atoms with Crippen molar-refractivity contribution in [1.82, 2.24) is 9.80 Å². The zero-order valence-electron chi connectivity index (χ0n) is 31.1. The van der Waals surface area contributed by atoms with E-state index in [1.54, 1.807) is 9.80 Å². The van der Waals surface area contributed by atoms with Gasteiger partial charge in [0.15, 0.2) is 0 Å². The van der Waals surface area contributed by atoms with Gasteiger partial charge in [-0.05, 0) is 48.2 Å². The molecule has 0 atom stereocenters. The lowest BCUT2D eigenvalue weighted by molar-refractivity contribution is 0.206. The average Bonchev–Trinajstić information content (AvgIpc) is 3.12. The molecule has 0 radical (unpaired) electrons. The molecule has 0 fully saturated rings. The summed E-state index contributed by atoms with van der Waals surface area (Å²) in [6.45, 7) is 5.88. The van der Waals surface area contributed by atoms with Crippen molar-refractivity contribution in [2.75, 3.05) is 23.7 Å². The van der Waals surface area contributed by atoms with E-state index in [9.17, 15) is 27.2 Å². The van der Waals surface area contributed by atoms with Gasteiger partial charge < -0.3 is 20.4 Å². The van der Waals surface area contributed by atoms with E-state index in [0.717, 1.165) is 86.8 Å². The third-order valence-corrected chi connectivity index (χ3v) is 9.25. The number of unbranched alkanes of at least 4 members (excludes halogenated alkanes) is 14. The van der Waals surface area contributed by atoms with Crippen LogP contribution in [0.3, 0.4) is 0 Å². The molecule has 286 valence electrons. The van der Waals surface area contributed by atoms with Crippen LogP contribution in [0.1, 0.15) is 128 Å². The normalized spacial score (nSPS) is 11.0. The third-order valence-electron chi connectivity index (χ3n) is 9.25. The molecular formula is C42H58F4N4O2. The number of hydrogen-bond donors (Lipinski definition) is 2. The molecule has 0 aliphatic carbocycles. The minimum absolute atomic E-state index is 0.0851. The summed E-state index contributed by atoms with van der Waals surface area (Å²) in [6, 6.07) is 12.8. The SMILES string of the molecule is CCCCCCCCCCN(Cc1ccc(CN(CCCCCCCCCC)C(=O)Nc2ccc(F)cc2F)cc1)C(=O)Nc1ccc(F)cc1F. The van der Waals surface area contributed by atoms with Gasteiger partial charge in [0.1, 0.15) is 23.3 Å². The molecule has 6 nitrogen and oxygen atoms in total. The van der Waals surface area contributed by atoms with Crippen LogP contribution in [0.15, 0.2) is 60.7 Å². The van der Waals surface area contributed by atoms with Crippen LogP contribution in [0.25, 0.3) is 0 Å². The van der Waals surface area contributed by atoms with Crippen molar-refractivity contribution in [3.05, 3.63) is 95.1 Å². The Hall–Kier alpha value is -4.08. The van der Waals surface area contributed by atoms with E-state index in [2.05, 4.69) is 24.5 Å². The quantitative estimate of drug-likeness (QED) is 0.0713. The second kappa shape index (κ2) is 24.2. The van der Waals surface area contributed by atoms with Crippen molar-refractivity contribution >= 4 is 23.4 Å². The lowest BCUT2D eigenvalue weighted by Crippen LogP contribution is -2.36. The number of nitrogens with one attached hydrogen (secondary N) is 2. The first-order valence-corrected chi connectivity index (χ1v) is 19.3. The Labute approximate surface area is 308 Å². The topological polar surface area (TPSA) is 64.7 Å². The van der Waals surface area contributed by atoms with E-state index in [4.69, 9.17) is 0 Å². The Bertz CT molecular complexity index is 1380. The molecule has 3 aromatic carbocycles. The van der Waals surface area contributed by atoms with Gasteiger partial charge in [0.2, 0.25) is 0 Å². The fourth-order valence-electron chi connectivity index (χ4n) is 6.14. The lowest BCUT2D eigenvalue weighted by atomic mass is 10.1. The molecule has 52 heavy (non-hydrogen) atoms. The summed E-state index contributed by atoms with van der Waals surface area (Å²) in [5.74, 6) is -3.12. The highest BCUT2D eigenvalue weighted by molar-refractivity contribution is 5.90. The largest absolute Gasteiger partial charge is 0.322 e. The summed E-state index contributed by atoms with van der Waals surface area (Å²) in [6.07, 6.45) is 17.8. The molecule has 3 rings (SSSR count). The van der Waals surface area contributed by atoms with Crippen molar-refractivity contribution < 1.29 is 27.2 Å². The number of rotatable bonds is 24. The Morgan fingerprint density at radius 3 is 1.13 bits per heavy atom. The van der Waals surface area contributed by atoms with Crippen LogP contribution in [0.2, 0.25) is 0 Å². The first kappa shape index (κ1) is 42.3. The molecule has 0 bridgehead atoms. The zero-order valence-corrected chi connectivity index (χ0v) is 31.1. The molecule has 0 saturated heterocycles. The molecule has 0 unspecified atom stereocenters. The molecule has 0 heterocycles. The predicted molar refractivity (Wildman–Crippen MR) is 203 cm³/mol. The summed E-state index contributed by atoms with van der Waals surface area (Å²) in [5.41, 5.74) is 1.53. The maximum atomic E-state index is 14.4. The van der Waals surface area contributed by atoms with Crippen LogP contribution in [-0.4, -0.2) is 35.0 Å². The number of halogens is 4. The monoisotopic (exact) mass is 726 g/mol. The van der Waals surface area contributed by atoms with E-state index < -0.39 is 35.3 Å². The molecule has 4 amide bonds. The van der Waals surface area contributed by atoms with E-state index in [-0.39, 0.29) is 24.5 Å². The molecule has 2 N–H and O–H groups in total. The Morgan fingerprint density at radius 2 is 0.808 bits per heavy atom. The predicted octanol–water partition coefficient (Wildman–Crippen LogP) is 12.6. The van der Waals surface area contributed by atoms with Gasteiger partial charge in [0.25, 0.3) is 0 Å². The van der Waals surface area contributed by atoms with Gasteiger partial charge in [-0.25, -0.2) is 27.2 Å². The first-order chi connectivity index (χ1) is 25.2. The number of hydrogen-bond acceptors (Lipinski definition) is 2. The summed E-state index contributed by atoms with van der Waals surface area (Å²) < 4.78 is 55.7. The van der Waals surface area contributed by atoms with Gasteiger partial charge in [0, 0.05) is 38.3 Å². The summed E-state index contributed by atoms with van der Waals surface area (Å²) >= 11 is 0. The van der Waals surface area contributed by atoms with Crippen LogP contribution in [-0.2, 0) is 13.1 Å². The first-order valence-electron chi connectivity index (χ1n) is 19.3. The number of nitrogens with zero attached hydrogens (tertiary/aromatic N) is 2. The maximum Gasteiger partial charge on any atom is 0.322 e. The van der Waals surface area contributed by atoms with Crippen molar-refractivity contribution in [2.24, 2.45) is 0 Å². The van der Waals surface area contributed by atoms with E-state index in [1.165, 1.54) is 63.5 Å². The second-order valence-corrected chi connectivity index (χ2v) is 13.7. The standard InChI is InChI=1S/C42H58F4N4O2/c1-3-5-7-9-11-13-15-17-27-49(41(51)47-39-25-23-35(43)29-37(39)45)31-33-19-21-34(22-20-33)32-50(28-18-16-14-12-10-8-6-4-2)42(52)48-40-26-24-36(44)30-38(40)46/h19-26,29-30H,3-18,27-28,31-32H2,1-2H3,(H,47,51)(H,48,52). The van der Waals surface area contributed by atoms with Gasteiger partial charge in [0.05, 0.1) is 11.4 Å².